The molecular weight excluding hydrogens is 395 g/mol. The lowest BCUT2D eigenvalue weighted by atomic mass is 10.0. The van der Waals surface area contributed by atoms with Gasteiger partial charge in [-0.2, -0.15) is 13.2 Å². The van der Waals surface area contributed by atoms with Crippen molar-refractivity contribution >= 4 is 41.3 Å². The van der Waals surface area contributed by atoms with E-state index in [2.05, 4.69) is 5.32 Å². The summed E-state index contributed by atoms with van der Waals surface area (Å²) in [5.74, 6) is -1.57. The fraction of sp³-hybridized carbons (Fsp3) is 0.200. The van der Waals surface area contributed by atoms with Gasteiger partial charge >= 0.3 is 12.1 Å². The smallest absolute Gasteiger partial charge is 0.417 e. The third kappa shape index (κ3) is 4.72. The van der Waals surface area contributed by atoms with Gasteiger partial charge in [-0.3, -0.25) is 4.79 Å². The molecule has 146 valence electrons. The molecule has 8 heteroatoms. The summed E-state index contributed by atoms with van der Waals surface area (Å²) in [6.45, 7) is 0. The maximum atomic E-state index is 13.2. The number of carboxylic acids is 1. The van der Waals surface area contributed by atoms with Gasteiger partial charge in [-0.05, 0) is 48.2 Å². The Bertz CT molecular complexity index is 966. The molecule has 0 heterocycles. The molecule has 0 radical (unpaired) electrons. The molecule has 2 aromatic carbocycles. The van der Waals surface area contributed by atoms with Gasteiger partial charge in [0.25, 0.3) is 0 Å². The molecule has 0 aromatic heterocycles. The highest BCUT2D eigenvalue weighted by molar-refractivity contribution is 6.30. The van der Waals surface area contributed by atoms with Gasteiger partial charge in [0.1, 0.15) is 0 Å². The number of carbonyl (C=O) groups excluding carboxylic acids is 1. The van der Waals surface area contributed by atoms with Crippen LogP contribution in [0.2, 0.25) is 5.02 Å². The summed E-state index contributed by atoms with van der Waals surface area (Å²) in [6, 6.07) is 7.66. The fourth-order valence-corrected chi connectivity index (χ4v) is 2.81. The van der Waals surface area contributed by atoms with Crippen LogP contribution in [-0.2, 0) is 11.0 Å². The van der Waals surface area contributed by atoms with E-state index in [-0.39, 0.29) is 33.7 Å². The molecule has 2 N–H and O–H groups in total. The number of rotatable bonds is 5. The molecule has 1 fully saturated rings. The minimum absolute atomic E-state index is 0.0339. The largest absolute Gasteiger partial charge is 0.478 e. The number of benzene rings is 2. The molecular formula is C20H15ClF3NO3. The summed E-state index contributed by atoms with van der Waals surface area (Å²) in [7, 11) is 0. The molecule has 0 aliphatic heterocycles. The molecule has 2 aromatic rings. The summed E-state index contributed by atoms with van der Waals surface area (Å²) < 4.78 is 39.5. The Balaban J connectivity index is 1.89. The Morgan fingerprint density at radius 2 is 1.82 bits per heavy atom. The lowest BCUT2D eigenvalue weighted by Gasteiger charge is -2.11. The van der Waals surface area contributed by atoms with E-state index in [0.29, 0.717) is 5.56 Å². The summed E-state index contributed by atoms with van der Waals surface area (Å²) in [6.07, 6.45) is -0.414. The molecule has 0 atom stereocenters. The standard InChI is InChI=1S/C20H15ClF3NO3/c21-14-7-6-12(16(10-14)20(22,23)24)3-1-11-2-8-17(15(9-11)19(27)28)25-18(26)13-4-5-13/h1-3,6-10,13H,4-5H2,(H,25,26)(H,27,28)/b3-1+. The Labute approximate surface area is 163 Å². The first-order valence-corrected chi connectivity index (χ1v) is 8.76. The molecule has 0 spiro atoms. The molecule has 28 heavy (non-hydrogen) atoms. The average Bonchev–Trinajstić information content (AvgIpc) is 3.45. The molecule has 3 rings (SSSR count). The number of anilines is 1. The molecule has 0 bridgehead atoms. The highest BCUT2D eigenvalue weighted by Crippen LogP contribution is 2.35. The number of halogens is 4. The van der Waals surface area contributed by atoms with Crippen LogP contribution in [0.5, 0.6) is 0 Å². The number of alkyl halides is 3. The first-order valence-electron chi connectivity index (χ1n) is 8.38. The normalized spacial score (nSPS) is 14.3. The highest BCUT2D eigenvalue weighted by Gasteiger charge is 2.33. The van der Waals surface area contributed by atoms with Gasteiger partial charge in [0.05, 0.1) is 16.8 Å². The molecule has 1 aliphatic carbocycles. The number of aromatic carboxylic acids is 1. The van der Waals surface area contributed by atoms with Crippen molar-refractivity contribution in [3.63, 3.8) is 0 Å². The number of hydrogen-bond donors (Lipinski definition) is 2. The lowest BCUT2D eigenvalue weighted by Crippen LogP contribution is -2.16. The van der Waals surface area contributed by atoms with Crippen LogP contribution in [0.15, 0.2) is 36.4 Å². The second kappa shape index (κ2) is 7.67. The predicted octanol–water partition coefficient (Wildman–Crippen LogP) is 5.58. The second-order valence-electron chi connectivity index (χ2n) is 6.44. The zero-order valence-corrected chi connectivity index (χ0v) is 15.1. The third-order valence-corrected chi connectivity index (χ3v) is 4.49. The molecule has 1 saturated carbocycles. The van der Waals surface area contributed by atoms with E-state index < -0.39 is 17.7 Å². The van der Waals surface area contributed by atoms with Crippen LogP contribution in [0.1, 0.15) is 39.9 Å². The van der Waals surface area contributed by atoms with Crippen molar-refractivity contribution in [2.45, 2.75) is 19.0 Å². The van der Waals surface area contributed by atoms with Crippen molar-refractivity contribution < 1.29 is 27.9 Å². The van der Waals surface area contributed by atoms with Gasteiger partial charge in [0, 0.05) is 10.9 Å². The van der Waals surface area contributed by atoms with E-state index in [0.717, 1.165) is 18.9 Å². The van der Waals surface area contributed by atoms with E-state index >= 15 is 0 Å². The molecule has 0 saturated heterocycles. The number of carbonyl (C=O) groups is 2. The van der Waals surface area contributed by atoms with Gasteiger partial charge in [-0.25, -0.2) is 4.79 Å². The van der Waals surface area contributed by atoms with Gasteiger partial charge in [0.15, 0.2) is 0 Å². The van der Waals surface area contributed by atoms with E-state index in [1.54, 1.807) is 0 Å². The number of hydrogen-bond acceptors (Lipinski definition) is 2. The van der Waals surface area contributed by atoms with E-state index in [4.69, 9.17) is 11.6 Å². The minimum atomic E-state index is -4.58. The monoisotopic (exact) mass is 409 g/mol. The maximum Gasteiger partial charge on any atom is 0.417 e. The van der Waals surface area contributed by atoms with Crippen molar-refractivity contribution in [3.8, 4) is 0 Å². The number of carboxylic acid groups (broad SMARTS) is 1. The van der Waals surface area contributed by atoms with E-state index in [1.807, 2.05) is 0 Å². The zero-order chi connectivity index (χ0) is 20.5. The molecule has 0 unspecified atom stereocenters. The number of nitrogens with one attached hydrogen (secondary N) is 1. The van der Waals surface area contributed by atoms with Crippen molar-refractivity contribution in [3.05, 3.63) is 63.7 Å². The van der Waals surface area contributed by atoms with Crippen LogP contribution in [0.3, 0.4) is 0 Å². The van der Waals surface area contributed by atoms with Gasteiger partial charge in [-0.1, -0.05) is 35.9 Å². The highest BCUT2D eigenvalue weighted by atomic mass is 35.5. The average molecular weight is 410 g/mol. The van der Waals surface area contributed by atoms with Gasteiger partial charge in [0.2, 0.25) is 5.91 Å². The summed E-state index contributed by atoms with van der Waals surface area (Å²) in [5.41, 5.74) is -0.583. The SMILES string of the molecule is O=C(O)c1cc(/C=C/c2ccc(Cl)cc2C(F)(F)F)ccc1NC(=O)C1CC1. The van der Waals surface area contributed by atoms with Crippen LogP contribution >= 0.6 is 11.6 Å². The number of amides is 1. The van der Waals surface area contributed by atoms with Crippen molar-refractivity contribution in [1.29, 1.82) is 0 Å². The maximum absolute atomic E-state index is 13.2. The summed E-state index contributed by atoms with van der Waals surface area (Å²) in [4.78, 5) is 23.4. The topological polar surface area (TPSA) is 66.4 Å². The van der Waals surface area contributed by atoms with Crippen LogP contribution in [0, 0.1) is 5.92 Å². The zero-order valence-electron chi connectivity index (χ0n) is 14.4. The van der Waals surface area contributed by atoms with E-state index in [9.17, 15) is 27.9 Å². The Morgan fingerprint density at radius 3 is 2.43 bits per heavy atom. The molecule has 4 nitrogen and oxygen atoms in total. The Hall–Kier alpha value is -2.80. The Kier molecular flexibility index (Phi) is 5.47. The predicted molar refractivity (Wildman–Crippen MR) is 100 cm³/mol. The Morgan fingerprint density at radius 1 is 1.11 bits per heavy atom. The first kappa shape index (κ1) is 19.9. The van der Waals surface area contributed by atoms with Crippen LogP contribution in [0.4, 0.5) is 18.9 Å². The van der Waals surface area contributed by atoms with Crippen molar-refractivity contribution in [2.24, 2.45) is 5.92 Å². The van der Waals surface area contributed by atoms with Crippen LogP contribution < -0.4 is 5.32 Å². The second-order valence-corrected chi connectivity index (χ2v) is 6.87. The van der Waals surface area contributed by atoms with Crippen LogP contribution in [0.25, 0.3) is 12.2 Å². The van der Waals surface area contributed by atoms with Crippen molar-refractivity contribution in [1.82, 2.24) is 0 Å². The molecule has 1 aliphatic rings. The minimum Gasteiger partial charge on any atom is -0.478 e. The van der Waals surface area contributed by atoms with Gasteiger partial charge in [-0.15, -0.1) is 0 Å². The quantitative estimate of drug-likeness (QED) is 0.634. The summed E-state index contributed by atoms with van der Waals surface area (Å²) in [5, 5.41) is 11.9. The molecule has 1 amide bonds. The lowest BCUT2D eigenvalue weighted by molar-refractivity contribution is -0.137. The van der Waals surface area contributed by atoms with Crippen molar-refractivity contribution in [2.75, 3.05) is 5.32 Å². The summed E-state index contributed by atoms with van der Waals surface area (Å²) >= 11 is 5.66. The van der Waals surface area contributed by atoms with Crippen LogP contribution in [-0.4, -0.2) is 17.0 Å². The van der Waals surface area contributed by atoms with E-state index in [1.165, 1.54) is 42.5 Å². The fourth-order valence-electron chi connectivity index (χ4n) is 2.64. The first-order chi connectivity index (χ1) is 13.1. The van der Waals surface area contributed by atoms with Gasteiger partial charge < -0.3 is 10.4 Å². The third-order valence-electron chi connectivity index (χ3n) is 4.26.